The maximum absolute atomic E-state index is 13.5. The molecule has 0 aliphatic heterocycles. The van der Waals surface area contributed by atoms with Gasteiger partial charge in [-0.05, 0) is 47.2 Å². The summed E-state index contributed by atoms with van der Waals surface area (Å²) in [7, 11) is -4.47. The molecule has 0 heterocycles. The number of rotatable bonds is 7. The van der Waals surface area contributed by atoms with E-state index < -0.39 is 44.9 Å². The van der Waals surface area contributed by atoms with Gasteiger partial charge in [-0.2, -0.15) is 18.3 Å². The van der Waals surface area contributed by atoms with Crippen LogP contribution >= 0.6 is 11.6 Å². The van der Waals surface area contributed by atoms with Crippen LogP contribution in [0.2, 0.25) is 5.02 Å². The van der Waals surface area contributed by atoms with Crippen molar-refractivity contribution in [2.45, 2.75) is 11.1 Å². The predicted octanol–water partition coefficient (Wildman–Crippen LogP) is 5.56. The Balaban J connectivity index is 1.66. The minimum absolute atomic E-state index is 0.101. The molecule has 0 spiro atoms. The monoisotopic (exact) mass is 561 g/mol. The van der Waals surface area contributed by atoms with Crippen molar-refractivity contribution in [3.63, 3.8) is 0 Å². The number of carbonyl (C=O) groups is 1. The van der Waals surface area contributed by atoms with Crippen molar-refractivity contribution in [1.29, 1.82) is 0 Å². The summed E-state index contributed by atoms with van der Waals surface area (Å²) in [6.07, 6.45) is -3.67. The minimum atomic E-state index is -4.86. The number of phenols is 1. The average Bonchev–Trinajstić information content (AvgIpc) is 2.89. The van der Waals surface area contributed by atoms with Crippen LogP contribution in [0.4, 0.5) is 18.9 Å². The molecule has 0 fully saturated rings. The molecule has 0 atom stereocenters. The summed E-state index contributed by atoms with van der Waals surface area (Å²) in [6, 6.07) is 19.8. The van der Waals surface area contributed by atoms with Gasteiger partial charge in [0.1, 0.15) is 12.3 Å². The number of phenolic OH excluding ortho intramolecular Hbond substituents is 1. The first-order chi connectivity index (χ1) is 18.0. The number of carbonyl (C=O) groups excluding carboxylic acids is 1. The van der Waals surface area contributed by atoms with Crippen molar-refractivity contribution in [2.75, 3.05) is 10.8 Å². The third kappa shape index (κ3) is 5.74. The Morgan fingerprint density at radius 1 is 1.00 bits per heavy atom. The standard InChI is InChI=1S/C26H19ClF3N3O4S/c27-23-12-11-18(14-22(23)26(28,29)30)33(38(36,37)19-7-2-1-3-8-19)16-25(35)32-31-15-21-20-9-5-4-6-17(20)10-13-24(21)34/h1-15,34H,16H2,(H,32,35)/b31-15+. The summed E-state index contributed by atoms with van der Waals surface area (Å²) in [6.45, 7) is -0.894. The normalized spacial score (nSPS) is 12.1. The highest BCUT2D eigenvalue weighted by atomic mass is 35.5. The molecule has 4 aromatic rings. The molecule has 0 aliphatic rings. The lowest BCUT2D eigenvalue weighted by molar-refractivity contribution is -0.137. The Labute approximate surface area is 220 Å². The molecule has 0 aliphatic carbocycles. The fourth-order valence-electron chi connectivity index (χ4n) is 3.67. The Morgan fingerprint density at radius 3 is 2.39 bits per heavy atom. The van der Waals surface area contributed by atoms with Gasteiger partial charge in [0.05, 0.1) is 27.4 Å². The Kier molecular flexibility index (Phi) is 7.61. The zero-order valence-corrected chi connectivity index (χ0v) is 20.9. The summed E-state index contributed by atoms with van der Waals surface area (Å²) in [5.74, 6) is -1.04. The largest absolute Gasteiger partial charge is 0.507 e. The highest BCUT2D eigenvalue weighted by molar-refractivity contribution is 7.92. The molecular formula is C26H19ClF3N3O4S. The van der Waals surface area contributed by atoms with E-state index in [1.807, 2.05) is 12.1 Å². The molecule has 2 N–H and O–H groups in total. The number of alkyl halides is 3. The van der Waals surface area contributed by atoms with Gasteiger partial charge < -0.3 is 5.11 Å². The number of hydrazone groups is 1. The molecule has 4 rings (SSSR count). The fraction of sp³-hybridized carbons (Fsp3) is 0.0769. The van der Waals surface area contributed by atoms with Gasteiger partial charge in [-0.3, -0.25) is 9.10 Å². The number of aromatic hydroxyl groups is 1. The number of sulfonamides is 1. The maximum atomic E-state index is 13.5. The molecule has 196 valence electrons. The number of halogens is 4. The Bertz CT molecular complexity index is 1630. The van der Waals surface area contributed by atoms with Crippen molar-refractivity contribution in [3.05, 3.63) is 101 Å². The number of anilines is 1. The van der Waals surface area contributed by atoms with Crippen LogP contribution < -0.4 is 9.73 Å². The van der Waals surface area contributed by atoms with Crippen molar-refractivity contribution < 1.29 is 31.5 Å². The van der Waals surface area contributed by atoms with Crippen molar-refractivity contribution in [3.8, 4) is 5.75 Å². The number of benzene rings is 4. The predicted molar refractivity (Wildman–Crippen MR) is 139 cm³/mol. The van der Waals surface area contributed by atoms with E-state index in [1.54, 1.807) is 24.3 Å². The first-order valence-electron chi connectivity index (χ1n) is 11.0. The Hall–Kier alpha value is -4.09. The highest BCUT2D eigenvalue weighted by Crippen LogP contribution is 2.38. The van der Waals surface area contributed by atoms with Crippen molar-refractivity contribution in [1.82, 2.24) is 5.43 Å². The van der Waals surface area contributed by atoms with E-state index in [4.69, 9.17) is 11.6 Å². The van der Waals surface area contributed by atoms with E-state index in [9.17, 15) is 31.5 Å². The van der Waals surface area contributed by atoms with Gasteiger partial charge in [-0.15, -0.1) is 0 Å². The smallest absolute Gasteiger partial charge is 0.417 e. The summed E-state index contributed by atoms with van der Waals surface area (Å²) in [5.41, 5.74) is 0.803. The van der Waals surface area contributed by atoms with Crippen LogP contribution in [0.3, 0.4) is 0 Å². The van der Waals surface area contributed by atoms with E-state index in [0.29, 0.717) is 21.3 Å². The zero-order valence-electron chi connectivity index (χ0n) is 19.4. The van der Waals surface area contributed by atoms with Gasteiger partial charge in [-0.25, -0.2) is 13.8 Å². The number of nitrogens with zero attached hydrogens (tertiary/aromatic N) is 2. The molecule has 0 radical (unpaired) electrons. The number of fused-ring (bicyclic) bond motifs is 1. The van der Waals surface area contributed by atoms with E-state index in [2.05, 4.69) is 10.5 Å². The van der Waals surface area contributed by atoms with Crippen LogP contribution in [0.25, 0.3) is 10.8 Å². The van der Waals surface area contributed by atoms with Gasteiger partial charge in [0, 0.05) is 5.56 Å². The topological polar surface area (TPSA) is 99.1 Å². The van der Waals surface area contributed by atoms with Gasteiger partial charge in [0.25, 0.3) is 15.9 Å². The second kappa shape index (κ2) is 10.7. The molecule has 0 saturated carbocycles. The molecule has 0 bridgehead atoms. The lowest BCUT2D eigenvalue weighted by Gasteiger charge is -2.24. The fourth-order valence-corrected chi connectivity index (χ4v) is 5.33. The first-order valence-corrected chi connectivity index (χ1v) is 12.8. The van der Waals surface area contributed by atoms with Crippen LogP contribution in [0, 0.1) is 0 Å². The SMILES string of the molecule is O=C(CN(c1ccc(Cl)c(C(F)(F)F)c1)S(=O)(=O)c1ccccc1)N/N=C/c1c(O)ccc2ccccc12. The lowest BCUT2D eigenvalue weighted by Crippen LogP contribution is -2.39. The molecule has 38 heavy (non-hydrogen) atoms. The summed E-state index contributed by atoms with van der Waals surface area (Å²) in [4.78, 5) is 12.5. The molecule has 0 aromatic heterocycles. The number of amides is 1. The van der Waals surface area contributed by atoms with Gasteiger partial charge in [0.15, 0.2) is 0 Å². The molecule has 1 amide bonds. The number of hydrogen-bond acceptors (Lipinski definition) is 5. The molecule has 0 unspecified atom stereocenters. The molecular weight excluding hydrogens is 543 g/mol. The van der Waals surface area contributed by atoms with E-state index in [1.165, 1.54) is 36.5 Å². The number of nitrogens with one attached hydrogen (secondary N) is 1. The van der Waals surface area contributed by atoms with Crippen LogP contribution in [0.15, 0.2) is 94.9 Å². The van der Waals surface area contributed by atoms with Crippen LogP contribution in [0.5, 0.6) is 5.75 Å². The third-order valence-electron chi connectivity index (χ3n) is 5.49. The van der Waals surface area contributed by atoms with Crippen molar-refractivity contribution >= 4 is 50.2 Å². The van der Waals surface area contributed by atoms with E-state index >= 15 is 0 Å². The summed E-state index contributed by atoms with van der Waals surface area (Å²) in [5, 5.41) is 14.9. The summed E-state index contributed by atoms with van der Waals surface area (Å²) < 4.78 is 67.7. The lowest BCUT2D eigenvalue weighted by atomic mass is 10.0. The van der Waals surface area contributed by atoms with E-state index in [-0.39, 0.29) is 10.6 Å². The third-order valence-corrected chi connectivity index (χ3v) is 7.61. The molecule has 7 nitrogen and oxygen atoms in total. The van der Waals surface area contributed by atoms with Gasteiger partial charge >= 0.3 is 6.18 Å². The van der Waals surface area contributed by atoms with E-state index in [0.717, 1.165) is 17.5 Å². The zero-order chi connectivity index (χ0) is 27.5. The van der Waals surface area contributed by atoms with Crippen LogP contribution in [-0.4, -0.2) is 32.2 Å². The molecule has 12 heteroatoms. The van der Waals surface area contributed by atoms with Crippen molar-refractivity contribution in [2.24, 2.45) is 5.10 Å². The highest BCUT2D eigenvalue weighted by Gasteiger charge is 2.35. The van der Waals surface area contributed by atoms with Crippen LogP contribution in [-0.2, 0) is 21.0 Å². The molecule has 0 saturated heterocycles. The van der Waals surface area contributed by atoms with Crippen LogP contribution in [0.1, 0.15) is 11.1 Å². The Morgan fingerprint density at radius 2 is 1.68 bits per heavy atom. The second-order valence-corrected chi connectivity index (χ2v) is 10.3. The maximum Gasteiger partial charge on any atom is 0.417 e. The molecule has 4 aromatic carbocycles. The summed E-state index contributed by atoms with van der Waals surface area (Å²) >= 11 is 5.70. The quantitative estimate of drug-likeness (QED) is 0.228. The van der Waals surface area contributed by atoms with Gasteiger partial charge in [0.2, 0.25) is 0 Å². The minimum Gasteiger partial charge on any atom is -0.507 e. The second-order valence-electron chi connectivity index (χ2n) is 8.00. The number of hydrogen-bond donors (Lipinski definition) is 2. The van der Waals surface area contributed by atoms with Gasteiger partial charge in [-0.1, -0.05) is 60.1 Å². The first kappa shape index (κ1) is 27.0. The average molecular weight is 562 g/mol.